The Hall–Kier alpha value is -5.95. The van der Waals surface area contributed by atoms with E-state index in [9.17, 15) is 4.79 Å². The minimum atomic E-state index is 0.0520. The summed E-state index contributed by atoms with van der Waals surface area (Å²) < 4.78 is 18.0. The maximum Gasteiger partial charge on any atom is 0.220 e. The zero-order valence-corrected chi connectivity index (χ0v) is 46.7. The lowest BCUT2D eigenvalue weighted by Crippen LogP contribution is -2.24. The molecule has 0 radical (unpaired) electrons. The lowest BCUT2D eigenvalue weighted by atomic mass is 9.79. The molecular weight excluding hydrogens is 899 g/mol. The number of carbonyl (C=O) groups excluding carboxylic acids is 1. The lowest BCUT2D eigenvalue weighted by Gasteiger charge is -2.26. The molecule has 10 rings (SSSR count). The van der Waals surface area contributed by atoms with E-state index >= 15 is 0 Å². The summed E-state index contributed by atoms with van der Waals surface area (Å²) >= 11 is 0. The van der Waals surface area contributed by atoms with E-state index < -0.39 is 0 Å². The Balaban J connectivity index is 0.000000238. The number of benzene rings is 4. The lowest BCUT2D eigenvalue weighted by molar-refractivity contribution is -0.121. The van der Waals surface area contributed by atoms with Crippen LogP contribution >= 0.6 is 0 Å². The number of aryl methyl sites for hydroxylation is 2. The van der Waals surface area contributed by atoms with Gasteiger partial charge in [-0.15, -0.1) is 0 Å². The molecule has 390 valence electrons. The molecule has 4 aliphatic heterocycles. The first-order chi connectivity index (χ1) is 34.6. The first-order valence-electron chi connectivity index (χ1n) is 27.2. The van der Waals surface area contributed by atoms with E-state index in [-0.39, 0.29) is 27.6 Å². The smallest absolute Gasteiger partial charge is 0.220 e. The van der Waals surface area contributed by atoms with Crippen LogP contribution in [0.25, 0.3) is 22.6 Å². The van der Waals surface area contributed by atoms with E-state index in [0.717, 1.165) is 96.5 Å². The third-order valence-electron chi connectivity index (χ3n) is 13.5. The number of aromatic nitrogens is 2. The highest BCUT2D eigenvalue weighted by Crippen LogP contribution is 2.34. The molecule has 0 saturated heterocycles. The summed E-state index contributed by atoms with van der Waals surface area (Å²) in [5, 5.41) is 3.12. The Morgan fingerprint density at radius 3 is 1.55 bits per heavy atom. The molecule has 0 saturated carbocycles. The maximum atomic E-state index is 12.6. The van der Waals surface area contributed by atoms with Gasteiger partial charge in [-0.05, 0) is 166 Å². The van der Waals surface area contributed by atoms with Crippen molar-refractivity contribution in [2.75, 3.05) is 19.8 Å². The SMILES string of the molecule is CC(C)(C)c1cc(CNC(=O)CCCOc2cc(C(C)(C)C)cc(C(C)(C)C)c2)cc(C(C)(C)C)c1.c1cc2nc(c1)-c1cccc(n1)-c1ccc(cc1)OCCCCCCCCOc1ccc(cc1)CCC2. The molecule has 6 aromatic rings. The number of carbonyl (C=O) groups is 1. The van der Waals surface area contributed by atoms with Crippen molar-refractivity contribution in [3.63, 3.8) is 0 Å². The molecule has 1 N–H and O–H groups in total. The standard InChI is InChI=1S/C33H36N2O2.C33H51NO2/c1-2-4-6-25-37-30-22-18-27(19-23-30)31-13-9-15-33(35-31)32-14-8-12-28(34-32)11-7-10-26-16-20-29(21-17-26)36-24-5-3-1;1-30(2,3)24-16-23(17-25(18-24)31(4,5)6)22-34-29(35)14-13-15-36-28-20-26(32(7,8)9)19-27(21-28)33(10,11)12/h8-9,12-23H,1-7,10-11,24-25H2;16-21H,13-15,22H2,1-12H3,(H,34,35). The second-order valence-corrected chi connectivity index (χ2v) is 24.2. The first kappa shape index (κ1) is 56.3. The summed E-state index contributed by atoms with van der Waals surface area (Å²) in [6.07, 6.45) is 11.3. The summed E-state index contributed by atoms with van der Waals surface area (Å²) in [5.74, 6) is 2.84. The van der Waals surface area contributed by atoms with Crippen molar-refractivity contribution in [3.05, 3.63) is 160 Å². The molecule has 6 heterocycles. The van der Waals surface area contributed by atoms with E-state index in [1.165, 1.54) is 53.5 Å². The zero-order chi connectivity index (χ0) is 52.7. The summed E-state index contributed by atoms with van der Waals surface area (Å²) in [6, 6.07) is 42.6. The molecule has 0 atom stereocenters. The number of hydrogen-bond acceptors (Lipinski definition) is 6. The van der Waals surface area contributed by atoms with Crippen LogP contribution in [0.4, 0.5) is 0 Å². The Kier molecular flexibility index (Phi) is 19.9. The molecule has 2 aromatic heterocycles. The van der Waals surface area contributed by atoms with Gasteiger partial charge in [-0.2, -0.15) is 0 Å². The molecule has 8 bridgehead atoms. The molecule has 1 amide bonds. The van der Waals surface area contributed by atoms with Crippen molar-refractivity contribution < 1.29 is 19.0 Å². The van der Waals surface area contributed by atoms with E-state index in [4.69, 9.17) is 24.2 Å². The van der Waals surface area contributed by atoms with Gasteiger partial charge in [0, 0.05) is 24.2 Å². The van der Waals surface area contributed by atoms with Gasteiger partial charge < -0.3 is 19.5 Å². The van der Waals surface area contributed by atoms with E-state index in [1.54, 1.807) is 0 Å². The average molecular weight is 986 g/mol. The van der Waals surface area contributed by atoms with Crippen molar-refractivity contribution in [2.24, 2.45) is 0 Å². The predicted molar refractivity (Wildman–Crippen MR) is 304 cm³/mol. The minimum Gasteiger partial charge on any atom is -0.494 e. The van der Waals surface area contributed by atoms with Crippen LogP contribution < -0.4 is 19.5 Å². The van der Waals surface area contributed by atoms with E-state index in [0.29, 0.717) is 26.0 Å². The Morgan fingerprint density at radius 2 is 1.00 bits per heavy atom. The fourth-order valence-electron chi connectivity index (χ4n) is 8.66. The molecule has 0 fully saturated rings. The van der Waals surface area contributed by atoms with Gasteiger partial charge in [-0.25, -0.2) is 4.98 Å². The molecule has 4 aliphatic rings. The Bertz CT molecular complexity index is 2590. The van der Waals surface area contributed by atoms with Crippen LogP contribution in [0.2, 0.25) is 0 Å². The Morgan fingerprint density at radius 1 is 0.521 bits per heavy atom. The third kappa shape index (κ3) is 18.5. The van der Waals surface area contributed by atoms with Crippen molar-refractivity contribution >= 4 is 5.91 Å². The molecule has 73 heavy (non-hydrogen) atoms. The average Bonchev–Trinajstić information content (AvgIpc) is 3.35. The zero-order valence-electron chi connectivity index (χ0n) is 46.7. The largest absolute Gasteiger partial charge is 0.494 e. The normalized spacial score (nSPS) is 14.2. The van der Waals surface area contributed by atoms with Gasteiger partial charge in [0.2, 0.25) is 5.91 Å². The van der Waals surface area contributed by atoms with Crippen LogP contribution in [0.5, 0.6) is 17.2 Å². The van der Waals surface area contributed by atoms with Crippen LogP contribution in [0.15, 0.2) is 121 Å². The highest BCUT2D eigenvalue weighted by molar-refractivity contribution is 5.75. The second-order valence-electron chi connectivity index (χ2n) is 24.2. The number of amides is 1. The van der Waals surface area contributed by atoms with Gasteiger partial charge in [0.15, 0.2) is 0 Å². The monoisotopic (exact) mass is 986 g/mol. The van der Waals surface area contributed by atoms with Gasteiger partial charge in [0.05, 0.1) is 36.9 Å². The maximum absolute atomic E-state index is 12.6. The van der Waals surface area contributed by atoms with E-state index in [2.05, 4.69) is 185 Å². The highest BCUT2D eigenvalue weighted by atomic mass is 16.5. The number of nitrogens with zero attached hydrogens (tertiary/aromatic N) is 2. The summed E-state index contributed by atoms with van der Waals surface area (Å²) in [4.78, 5) is 22.4. The van der Waals surface area contributed by atoms with Gasteiger partial charge in [-0.1, -0.05) is 157 Å². The molecule has 0 unspecified atom stereocenters. The number of hydrogen-bond donors (Lipinski definition) is 1. The molecule has 7 nitrogen and oxygen atoms in total. The van der Waals surface area contributed by atoms with Gasteiger partial charge in [-0.3, -0.25) is 9.78 Å². The summed E-state index contributed by atoms with van der Waals surface area (Å²) in [5.41, 5.74) is 12.8. The number of ether oxygens (including phenoxy) is 3. The number of nitrogens with one attached hydrogen (secondary N) is 1. The van der Waals surface area contributed by atoms with Crippen LogP contribution in [-0.2, 0) is 45.8 Å². The fourth-order valence-corrected chi connectivity index (χ4v) is 8.66. The Labute approximate surface area is 440 Å². The molecular formula is C66H87N3O4. The molecule has 4 aromatic carbocycles. The quantitative estimate of drug-likeness (QED) is 0.161. The number of pyridine rings is 2. The van der Waals surface area contributed by atoms with Crippen molar-refractivity contribution in [3.8, 4) is 39.9 Å². The van der Waals surface area contributed by atoms with Crippen LogP contribution in [-0.4, -0.2) is 35.7 Å². The molecule has 0 spiro atoms. The summed E-state index contributed by atoms with van der Waals surface area (Å²) in [6.45, 7) is 29.4. The van der Waals surface area contributed by atoms with Crippen molar-refractivity contribution in [2.45, 2.75) is 182 Å². The first-order valence-corrected chi connectivity index (χ1v) is 27.2. The summed E-state index contributed by atoms with van der Waals surface area (Å²) in [7, 11) is 0. The molecule has 0 aliphatic carbocycles. The van der Waals surface area contributed by atoms with Crippen LogP contribution in [0, 0.1) is 0 Å². The topological polar surface area (TPSA) is 82.6 Å². The minimum absolute atomic E-state index is 0.0520. The van der Waals surface area contributed by atoms with Crippen molar-refractivity contribution in [1.82, 2.24) is 15.3 Å². The number of rotatable bonds is 7. The van der Waals surface area contributed by atoms with Gasteiger partial charge in [0.25, 0.3) is 0 Å². The highest BCUT2D eigenvalue weighted by Gasteiger charge is 2.23. The van der Waals surface area contributed by atoms with Gasteiger partial charge in [0.1, 0.15) is 17.2 Å². The fraction of sp³-hybridized carbons (Fsp3) is 0.470. The van der Waals surface area contributed by atoms with Gasteiger partial charge >= 0.3 is 0 Å². The van der Waals surface area contributed by atoms with Crippen molar-refractivity contribution in [1.29, 1.82) is 0 Å². The van der Waals surface area contributed by atoms with Crippen LogP contribution in [0.1, 0.15) is 180 Å². The molecule has 7 heteroatoms. The predicted octanol–water partition coefficient (Wildman–Crippen LogP) is 16.4. The second kappa shape index (κ2) is 25.8. The van der Waals surface area contributed by atoms with E-state index in [1.807, 2.05) is 24.3 Å². The third-order valence-corrected chi connectivity index (χ3v) is 13.5. The van der Waals surface area contributed by atoms with Crippen LogP contribution in [0.3, 0.4) is 0 Å².